The number of hydrogen-bond acceptors (Lipinski definition) is 2. The zero-order valence-corrected chi connectivity index (χ0v) is 10.0. The van der Waals surface area contributed by atoms with Gasteiger partial charge in [-0.25, -0.2) is 4.79 Å². The third kappa shape index (κ3) is 1.63. The van der Waals surface area contributed by atoms with Crippen molar-refractivity contribution >= 4 is 21.9 Å². The molecule has 1 aliphatic heterocycles. The van der Waals surface area contributed by atoms with Crippen LogP contribution in [-0.2, 0) is 0 Å². The summed E-state index contributed by atoms with van der Waals surface area (Å²) >= 11 is 3.33. The van der Waals surface area contributed by atoms with Crippen LogP contribution in [0.1, 0.15) is 35.7 Å². The monoisotopic (exact) mass is 270 g/mol. The molecule has 0 spiro atoms. The smallest absolute Gasteiger partial charge is 0.335 e. The maximum Gasteiger partial charge on any atom is 0.335 e. The Bertz CT molecular complexity index is 428. The maximum absolute atomic E-state index is 10.9. The second kappa shape index (κ2) is 3.52. The van der Waals surface area contributed by atoms with E-state index >= 15 is 0 Å². The second-order valence-electron chi connectivity index (χ2n) is 3.79. The number of rotatable bonds is 1. The number of carbonyl (C=O) groups is 1. The fraction of sp³-hybridized carbons (Fsp3) is 0.364. The molecule has 80 valence electrons. The minimum absolute atomic E-state index is 0.0975. The van der Waals surface area contributed by atoms with Crippen LogP contribution in [0.2, 0.25) is 0 Å². The zero-order valence-electron chi connectivity index (χ0n) is 8.45. The van der Waals surface area contributed by atoms with Crippen LogP contribution in [0.5, 0.6) is 5.75 Å². The fourth-order valence-corrected chi connectivity index (χ4v) is 2.31. The van der Waals surface area contributed by atoms with Gasteiger partial charge in [-0.1, -0.05) is 6.92 Å². The van der Waals surface area contributed by atoms with Crippen molar-refractivity contribution in [2.45, 2.75) is 25.9 Å². The minimum Gasteiger partial charge on any atom is -0.489 e. The van der Waals surface area contributed by atoms with Gasteiger partial charge in [-0.05, 0) is 35.0 Å². The van der Waals surface area contributed by atoms with E-state index in [1.165, 1.54) is 0 Å². The number of ether oxygens (including phenoxy) is 1. The van der Waals surface area contributed by atoms with Gasteiger partial charge in [-0.3, -0.25) is 0 Å². The molecule has 0 aromatic heterocycles. The molecule has 1 N–H and O–H groups in total. The summed E-state index contributed by atoms with van der Waals surface area (Å²) in [5.41, 5.74) is 1.26. The largest absolute Gasteiger partial charge is 0.489 e. The Morgan fingerprint density at radius 3 is 2.73 bits per heavy atom. The van der Waals surface area contributed by atoms with Crippen LogP contribution >= 0.6 is 15.9 Å². The molecule has 1 heterocycles. The normalized spacial score (nSPS) is 23.4. The van der Waals surface area contributed by atoms with Crippen molar-refractivity contribution in [1.82, 2.24) is 0 Å². The van der Waals surface area contributed by atoms with E-state index in [-0.39, 0.29) is 12.0 Å². The maximum atomic E-state index is 10.9. The number of aromatic carboxylic acids is 1. The lowest BCUT2D eigenvalue weighted by molar-refractivity contribution is 0.0696. The van der Waals surface area contributed by atoms with Gasteiger partial charge < -0.3 is 9.84 Å². The molecule has 0 saturated heterocycles. The van der Waals surface area contributed by atoms with Crippen molar-refractivity contribution in [3.05, 3.63) is 27.7 Å². The highest BCUT2D eigenvalue weighted by molar-refractivity contribution is 9.10. The van der Waals surface area contributed by atoms with Crippen molar-refractivity contribution in [1.29, 1.82) is 0 Å². The molecule has 0 aliphatic carbocycles. The third-order valence-electron chi connectivity index (χ3n) is 2.82. The Kier molecular flexibility index (Phi) is 2.46. The molecule has 4 heteroatoms. The molecular weight excluding hydrogens is 260 g/mol. The van der Waals surface area contributed by atoms with E-state index in [2.05, 4.69) is 15.9 Å². The lowest BCUT2D eigenvalue weighted by Gasteiger charge is -2.07. The summed E-state index contributed by atoms with van der Waals surface area (Å²) in [5.74, 6) is 0.0980. The predicted octanol–water partition coefficient (Wildman–Crippen LogP) is 3.03. The first-order valence-electron chi connectivity index (χ1n) is 4.74. The van der Waals surface area contributed by atoms with Gasteiger partial charge in [-0.2, -0.15) is 0 Å². The summed E-state index contributed by atoms with van der Waals surface area (Å²) in [6.07, 6.45) is 0.0975. The van der Waals surface area contributed by atoms with Crippen LogP contribution in [0.25, 0.3) is 0 Å². The highest BCUT2D eigenvalue weighted by Gasteiger charge is 2.30. The van der Waals surface area contributed by atoms with Crippen LogP contribution in [0.4, 0.5) is 0 Å². The minimum atomic E-state index is -0.912. The highest BCUT2D eigenvalue weighted by atomic mass is 79.9. The average Bonchev–Trinajstić information content (AvgIpc) is 2.45. The molecule has 1 aromatic carbocycles. The van der Waals surface area contributed by atoms with E-state index in [9.17, 15) is 4.79 Å². The molecule has 0 saturated carbocycles. The number of hydrogen-bond donors (Lipinski definition) is 1. The molecule has 0 radical (unpaired) electrons. The van der Waals surface area contributed by atoms with E-state index in [1.54, 1.807) is 12.1 Å². The van der Waals surface area contributed by atoms with Crippen LogP contribution in [0.15, 0.2) is 16.6 Å². The highest BCUT2D eigenvalue weighted by Crippen LogP contribution is 2.43. The molecular formula is C11H11BrO3. The second-order valence-corrected chi connectivity index (χ2v) is 4.65. The predicted molar refractivity (Wildman–Crippen MR) is 59.6 cm³/mol. The van der Waals surface area contributed by atoms with Crippen LogP contribution in [0, 0.1) is 0 Å². The van der Waals surface area contributed by atoms with Gasteiger partial charge in [0, 0.05) is 11.5 Å². The summed E-state index contributed by atoms with van der Waals surface area (Å²) in [7, 11) is 0. The Balaban J connectivity index is 2.57. The number of halogens is 1. The zero-order chi connectivity index (χ0) is 11.2. The number of benzene rings is 1. The quantitative estimate of drug-likeness (QED) is 0.853. The summed E-state index contributed by atoms with van der Waals surface area (Å²) in [6.45, 7) is 4.02. The van der Waals surface area contributed by atoms with Crippen LogP contribution in [-0.4, -0.2) is 17.2 Å². The molecule has 15 heavy (non-hydrogen) atoms. The van der Waals surface area contributed by atoms with Crippen molar-refractivity contribution in [2.75, 3.05) is 0 Å². The summed E-state index contributed by atoms with van der Waals surface area (Å²) in [6, 6.07) is 3.27. The van der Waals surface area contributed by atoms with E-state index in [4.69, 9.17) is 9.84 Å². The van der Waals surface area contributed by atoms with Gasteiger partial charge in [0.2, 0.25) is 0 Å². The topological polar surface area (TPSA) is 46.5 Å². The lowest BCUT2D eigenvalue weighted by Crippen LogP contribution is -2.10. The lowest BCUT2D eigenvalue weighted by atomic mass is 9.97. The van der Waals surface area contributed by atoms with Gasteiger partial charge >= 0.3 is 5.97 Å². The number of fused-ring (bicyclic) bond motifs is 1. The SMILES string of the molecule is C[C@H]1Oc2c(Br)cc(C(=O)O)cc2[C@@H]1C. The standard InChI is InChI=1S/C11H11BrO3/c1-5-6(2)15-10-8(5)3-7(11(13)14)4-9(10)12/h3-6H,1-2H3,(H,13,14)/t5-,6-/m1/s1. The van der Waals surface area contributed by atoms with Crippen molar-refractivity contribution in [3.63, 3.8) is 0 Å². The summed E-state index contributed by atoms with van der Waals surface area (Å²) < 4.78 is 6.36. The van der Waals surface area contributed by atoms with Crippen LogP contribution < -0.4 is 4.74 Å². The van der Waals surface area contributed by atoms with Crippen LogP contribution in [0.3, 0.4) is 0 Å². The molecule has 0 unspecified atom stereocenters. The van der Waals surface area contributed by atoms with E-state index in [0.29, 0.717) is 10.0 Å². The summed E-state index contributed by atoms with van der Waals surface area (Å²) in [5, 5.41) is 8.93. The van der Waals surface area contributed by atoms with E-state index < -0.39 is 5.97 Å². The first-order valence-corrected chi connectivity index (χ1v) is 5.53. The average molecular weight is 271 g/mol. The Morgan fingerprint density at radius 2 is 2.13 bits per heavy atom. The van der Waals surface area contributed by atoms with E-state index in [0.717, 1.165) is 11.3 Å². The first kappa shape index (κ1) is 10.5. The molecule has 2 rings (SSSR count). The van der Waals surface area contributed by atoms with Crippen molar-refractivity contribution in [2.24, 2.45) is 0 Å². The molecule has 0 bridgehead atoms. The molecule has 1 aromatic rings. The van der Waals surface area contributed by atoms with Crippen molar-refractivity contribution < 1.29 is 14.6 Å². The summed E-state index contributed by atoms with van der Waals surface area (Å²) in [4.78, 5) is 10.9. The van der Waals surface area contributed by atoms with Gasteiger partial charge in [0.1, 0.15) is 11.9 Å². The molecule has 0 fully saturated rings. The Labute approximate surface area is 96.2 Å². The van der Waals surface area contributed by atoms with Gasteiger partial charge in [-0.15, -0.1) is 0 Å². The third-order valence-corrected chi connectivity index (χ3v) is 3.41. The molecule has 1 aliphatic rings. The number of carboxylic acids is 1. The van der Waals surface area contributed by atoms with Gasteiger partial charge in [0.15, 0.2) is 0 Å². The Morgan fingerprint density at radius 1 is 1.47 bits per heavy atom. The van der Waals surface area contributed by atoms with E-state index in [1.807, 2.05) is 13.8 Å². The molecule has 0 amide bonds. The molecule has 3 nitrogen and oxygen atoms in total. The van der Waals surface area contributed by atoms with Gasteiger partial charge in [0.05, 0.1) is 10.0 Å². The molecule has 2 atom stereocenters. The fourth-order valence-electron chi connectivity index (χ4n) is 1.74. The first-order chi connectivity index (χ1) is 7.00. The Hall–Kier alpha value is -1.03. The van der Waals surface area contributed by atoms with Crippen molar-refractivity contribution in [3.8, 4) is 5.75 Å². The van der Waals surface area contributed by atoms with Gasteiger partial charge in [0.25, 0.3) is 0 Å². The number of carboxylic acid groups (broad SMARTS) is 1.